The Hall–Kier alpha value is -2.08. The number of sulfonamides is 1. The lowest BCUT2D eigenvalue weighted by Gasteiger charge is -2.35. The molecule has 2 aliphatic heterocycles. The quantitative estimate of drug-likeness (QED) is 0.829. The highest BCUT2D eigenvalue weighted by atomic mass is 32.2. The van der Waals surface area contributed by atoms with Gasteiger partial charge in [0.25, 0.3) is 10.0 Å². The van der Waals surface area contributed by atoms with E-state index >= 15 is 0 Å². The highest BCUT2D eigenvalue weighted by molar-refractivity contribution is 7.93. The van der Waals surface area contributed by atoms with Crippen LogP contribution in [-0.2, 0) is 14.8 Å². The minimum atomic E-state index is -3.71. The number of amides is 1. The fourth-order valence-electron chi connectivity index (χ4n) is 4.09. The van der Waals surface area contributed by atoms with E-state index in [-0.39, 0.29) is 5.91 Å². The lowest BCUT2D eigenvalue weighted by molar-refractivity contribution is -0.133. The second-order valence-corrected chi connectivity index (χ2v) is 8.92. The first kappa shape index (κ1) is 16.4. The average molecular weight is 358 g/mol. The van der Waals surface area contributed by atoms with Gasteiger partial charge in [0.2, 0.25) is 5.91 Å². The molecule has 5 nitrogen and oxygen atoms in total. The van der Waals surface area contributed by atoms with E-state index in [2.05, 4.69) is 6.92 Å². The van der Waals surface area contributed by atoms with E-state index in [9.17, 15) is 13.2 Å². The van der Waals surface area contributed by atoms with Crippen LogP contribution < -0.4 is 4.31 Å². The molecule has 0 unspecified atom stereocenters. The van der Waals surface area contributed by atoms with Crippen molar-refractivity contribution < 1.29 is 13.2 Å². The maximum atomic E-state index is 13.1. The third-order valence-electron chi connectivity index (χ3n) is 5.30. The Morgan fingerprint density at radius 2 is 1.92 bits per heavy atom. The van der Waals surface area contributed by atoms with Gasteiger partial charge in [0.05, 0.1) is 10.6 Å². The Balaban J connectivity index is 1.76. The minimum absolute atomic E-state index is 0.111. The molecule has 1 fully saturated rings. The molecule has 0 radical (unpaired) electrons. The number of carbonyl (C=O) groups is 1. The third-order valence-corrected chi connectivity index (χ3v) is 7.22. The molecule has 2 aromatic carbocycles. The maximum Gasteiger partial charge on any atom is 0.265 e. The monoisotopic (exact) mass is 358 g/mol. The van der Waals surface area contributed by atoms with Crippen molar-refractivity contribution >= 4 is 32.4 Å². The van der Waals surface area contributed by atoms with E-state index in [0.29, 0.717) is 29.6 Å². The highest BCUT2D eigenvalue weighted by Gasteiger charge is 2.42. The van der Waals surface area contributed by atoms with Gasteiger partial charge in [0, 0.05) is 18.5 Å². The van der Waals surface area contributed by atoms with Gasteiger partial charge < -0.3 is 4.90 Å². The summed E-state index contributed by atoms with van der Waals surface area (Å²) in [5.41, 5.74) is 0.610. The summed E-state index contributed by atoms with van der Waals surface area (Å²) in [6, 6.07) is 10.1. The predicted molar refractivity (Wildman–Crippen MR) is 98.1 cm³/mol. The average Bonchev–Trinajstić information content (AvgIpc) is 2.83. The number of hydrogen-bond acceptors (Lipinski definition) is 3. The molecule has 6 heteroatoms. The first-order chi connectivity index (χ1) is 11.9. The zero-order valence-corrected chi connectivity index (χ0v) is 15.3. The number of rotatable bonds is 2. The molecule has 0 aromatic heterocycles. The smallest absolute Gasteiger partial charge is 0.265 e. The molecule has 0 saturated carbocycles. The highest BCUT2D eigenvalue weighted by Crippen LogP contribution is 2.43. The first-order valence-electron chi connectivity index (χ1n) is 8.76. The number of piperidine rings is 1. The fourth-order valence-corrected chi connectivity index (χ4v) is 5.95. The Kier molecular flexibility index (Phi) is 3.76. The lowest BCUT2D eigenvalue weighted by atomic mass is 9.99. The SMILES string of the molecule is C[C@H]1CCCN(C(=O)[C@H](C)N2c3cccc4cccc(c34)S2(=O)=O)C1. The van der Waals surface area contributed by atoms with E-state index in [1.807, 2.05) is 23.1 Å². The van der Waals surface area contributed by atoms with Crippen molar-refractivity contribution in [1.29, 1.82) is 0 Å². The van der Waals surface area contributed by atoms with E-state index in [4.69, 9.17) is 0 Å². The van der Waals surface area contributed by atoms with Crippen molar-refractivity contribution in [3.8, 4) is 0 Å². The molecule has 2 aliphatic rings. The number of anilines is 1. The Bertz CT molecular complexity index is 949. The van der Waals surface area contributed by atoms with Crippen molar-refractivity contribution in [2.24, 2.45) is 5.92 Å². The van der Waals surface area contributed by atoms with E-state index in [1.54, 1.807) is 25.1 Å². The van der Waals surface area contributed by atoms with Gasteiger partial charge in [0.1, 0.15) is 6.04 Å². The summed E-state index contributed by atoms with van der Waals surface area (Å²) < 4.78 is 27.5. The van der Waals surface area contributed by atoms with Crippen LogP contribution in [0.3, 0.4) is 0 Å². The number of likely N-dealkylation sites (tertiary alicyclic amines) is 1. The van der Waals surface area contributed by atoms with E-state index in [1.165, 1.54) is 4.31 Å². The van der Waals surface area contributed by atoms with Gasteiger partial charge in [-0.2, -0.15) is 0 Å². The molecular weight excluding hydrogens is 336 g/mol. The first-order valence-corrected chi connectivity index (χ1v) is 10.2. The molecule has 2 heterocycles. The molecule has 2 aromatic rings. The summed E-state index contributed by atoms with van der Waals surface area (Å²) >= 11 is 0. The van der Waals surface area contributed by atoms with Crippen molar-refractivity contribution in [2.45, 2.75) is 37.6 Å². The normalized spacial score (nSPS) is 23.0. The van der Waals surface area contributed by atoms with Crippen LogP contribution in [0.25, 0.3) is 10.8 Å². The Morgan fingerprint density at radius 3 is 2.64 bits per heavy atom. The van der Waals surface area contributed by atoms with Crippen LogP contribution in [0.4, 0.5) is 5.69 Å². The molecule has 4 rings (SSSR count). The van der Waals surface area contributed by atoms with Gasteiger partial charge >= 0.3 is 0 Å². The standard InChI is InChI=1S/C19H22N2O3S/c1-13-6-5-11-20(12-13)19(22)14(2)21-16-9-3-7-15-8-4-10-17(18(15)16)25(21,23)24/h3-4,7-10,13-14H,5-6,11-12H2,1-2H3/t13-,14-/m0/s1. The van der Waals surface area contributed by atoms with Crippen molar-refractivity contribution in [3.05, 3.63) is 36.4 Å². The van der Waals surface area contributed by atoms with Gasteiger partial charge in [-0.3, -0.25) is 9.10 Å². The minimum Gasteiger partial charge on any atom is -0.341 e. The van der Waals surface area contributed by atoms with Gasteiger partial charge in [-0.25, -0.2) is 8.42 Å². The topological polar surface area (TPSA) is 57.7 Å². The summed E-state index contributed by atoms with van der Waals surface area (Å²) in [6.07, 6.45) is 2.09. The maximum absolute atomic E-state index is 13.1. The van der Waals surface area contributed by atoms with Crippen LogP contribution in [0.1, 0.15) is 26.7 Å². The molecule has 25 heavy (non-hydrogen) atoms. The van der Waals surface area contributed by atoms with Crippen LogP contribution in [0.15, 0.2) is 41.3 Å². The van der Waals surface area contributed by atoms with Crippen LogP contribution in [0, 0.1) is 5.92 Å². The van der Waals surface area contributed by atoms with Gasteiger partial charge in [-0.05, 0) is 43.2 Å². The van der Waals surface area contributed by atoms with Crippen molar-refractivity contribution in [1.82, 2.24) is 4.90 Å². The van der Waals surface area contributed by atoms with Crippen molar-refractivity contribution in [3.63, 3.8) is 0 Å². The summed E-state index contributed by atoms with van der Waals surface area (Å²) in [5, 5.41) is 1.60. The molecule has 0 N–H and O–H groups in total. The number of carbonyl (C=O) groups excluding carboxylic acids is 1. The molecule has 1 amide bonds. The Morgan fingerprint density at radius 1 is 1.20 bits per heavy atom. The summed E-state index contributed by atoms with van der Waals surface area (Å²) in [7, 11) is -3.71. The number of nitrogens with zero attached hydrogens (tertiary/aromatic N) is 2. The Labute approximate surface area is 148 Å². The summed E-state index contributed by atoms with van der Waals surface area (Å²) in [5.74, 6) is 0.348. The molecule has 1 saturated heterocycles. The van der Waals surface area contributed by atoms with Crippen LogP contribution in [-0.4, -0.2) is 38.4 Å². The zero-order valence-electron chi connectivity index (χ0n) is 14.5. The second kappa shape index (κ2) is 5.73. The van der Waals surface area contributed by atoms with Crippen LogP contribution in [0.5, 0.6) is 0 Å². The van der Waals surface area contributed by atoms with Gasteiger partial charge in [-0.1, -0.05) is 31.2 Å². The van der Waals surface area contributed by atoms with Gasteiger partial charge in [-0.15, -0.1) is 0 Å². The van der Waals surface area contributed by atoms with E-state index < -0.39 is 16.1 Å². The van der Waals surface area contributed by atoms with Gasteiger partial charge in [0.15, 0.2) is 0 Å². The fraction of sp³-hybridized carbons (Fsp3) is 0.421. The van der Waals surface area contributed by atoms with Crippen LogP contribution >= 0.6 is 0 Å². The number of hydrogen-bond donors (Lipinski definition) is 0. The summed E-state index contributed by atoms with van der Waals surface area (Å²) in [6.45, 7) is 5.24. The second-order valence-electron chi connectivity index (χ2n) is 7.14. The van der Waals surface area contributed by atoms with Crippen molar-refractivity contribution in [2.75, 3.05) is 17.4 Å². The number of benzene rings is 2. The third kappa shape index (κ3) is 2.42. The van der Waals surface area contributed by atoms with E-state index in [0.717, 1.165) is 23.6 Å². The predicted octanol–water partition coefficient (Wildman–Crippen LogP) is 3.00. The van der Waals surface area contributed by atoms with Crippen LogP contribution in [0.2, 0.25) is 0 Å². The molecule has 0 bridgehead atoms. The molecule has 2 atom stereocenters. The largest absolute Gasteiger partial charge is 0.341 e. The molecule has 0 spiro atoms. The molecule has 0 aliphatic carbocycles. The lowest BCUT2D eigenvalue weighted by Crippen LogP contribution is -2.50. The summed E-state index contributed by atoms with van der Waals surface area (Å²) in [4.78, 5) is 15.1. The molecule has 132 valence electrons. The molecular formula is C19H22N2O3S. The zero-order chi connectivity index (χ0) is 17.8.